The lowest BCUT2D eigenvalue weighted by atomic mass is 10.1. The van der Waals surface area contributed by atoms with Crippen molar-refractivity contribution in [2.75, 3.05) is 38.5 Å². The summed E-state index contributed by atoms with van der Waals surface area (Å²) in [6, 6.07) is 0.872. The summed E-state index contributed by atoms with van der Waals surface area (Å²) >= 11 is 0. The second-order valence-electron chi connectivity index (χ2n) is 6.68. The molecule has 0 amide bonds. The maximum Gasteiger partial charge on any atom is 0.214 e. The number of rotatable bonds is 7. The molecule has 0 aromatic heterocycles. The van der Waals surface area contributed by atoms with E-state index >= 15 is 0 Å². The first-order valence-corrected chi connectivity index (χ1v) is 10.1. The molecule has 0 spiro atoms. The van der Waals surface area contributed by atoms with Gasteiger partial charge in [-0.2, -0.15) is 0 Å². The van der Waals surface area contributed by atoms with Crippen LogP contribution in [0.3, 0.4) is 0 Å². The Bertz CT molecular complexity index is 405. The third kappa shape index (κ3) is 5.20. The number of sulfonamides is 1. The maximum atomic E-state index is 12.4. The van der Waals surface area contributed by atoms with Gasteiger partial charge < -0.3 is 5.32 Å². The highest BCUT2D eigenvalue weighted by Crippen LogP contribution is 2.22. The molecule has 1 atom stereocenters. The number of hydrogen-bond donors (Lipinski definition) is 1. The summed E-state index contributed by atoms with van der Waals surface area (Å²) < 4.78 is 26.5. The zero-order valence-electron chi connectivity index (χ0n) is 13.6. The molecule has 0 aliphatic carbocycles. The second kappa shape index (κ2) is 7.90. The average molecular weight is 317 g/mol. The van der Waals surface area contributed by atoms with Crippen LogP contribution in [0.4, 0.5) is 0 Å². The highest BCUT2D eigenvalue weighted by atomic mass is 32.2. The molecule has 6 heteroatoms. The molecule has 2 rings (SSSR count). The van der Waals surface area contributed by atoms with E-state index in [0.717, 1.165) is 26.1 Å². The molecule has 1 unspecified atom stereocenters. The van der Waals surface area contributed by atoms with Crippen molar-refractivity contribution in [3.63, 3.8) is 0 Å². The minimum Gasteiger partial charge on any atom is -0.314 e. The van der Waals surface area contributed by atoms with Gasteiger partial charge in [-0.1, -0.05) is 20.3 Å². The van der Waals surface area contributed by atoms with E-state index in [-0.39, 0.29) is 5.75 Å². The average Bonchev–Trinajstić information content (AvgIpc) is 2.95. The molecular formula is C15H31N3O2S. The van der Waals surface area contributed by atoms with E-state index in [1.165, 1.54) is 19.3 Å². The SMILES string of the molecule is CC(C)NCCCS(=O)(=O)N1CCC(N2CCCCC2)C1. The van der Waals surface area contributed by atoms with Crippen LogP contribution in [0.2, 0.25) is 0 Å². The van der Waals surface area contributed by atoms with Crippen molar-refractivity contribution in [3.05, 3.63) is 0 Å². The maximum absolute atomic E-state index is 12.4. The Kier molecular flexibility index (Phi) is 6.47. The van der Waals surface area contributed by atoms with Crippen molar-refractivity contribution < 1.29 is 8.42 Å². The van der Waals surface area contributed by atoms with Crippen LogP contribution in [0.25, 0.3) is 0 Å². The number of nitrogens with one attached hydrogen (secondary N) is 1. The molecule has 124 valence electrons. The van der Waals surface area contributed by atoms with Gasteiger partial charge in [0.1, 0.15) is 0 Å². The van der Waals surface area contributed by atoms with Crippen LogP contribution < -0.4 is 5.32 Å². The van der Waals surface area contributed by atoms with Gasteiger partial charge in [0.15, 0.2) is 0 Å². The summed E-state index contributed by atoms with van der Waals surface area (Å²) in [5, 5.41) is 3.28. The van der Waals surface area contributed by atoms with Crippen LogP contribution >= 0.6 is 0 Å². The fourth-order valence-corrected chi connectivity index (χ4v) is 4.87. The third-order valence-corrected chi connectivity index (χ3v) is 6.48. The first-order valence-electron chi connectivity index (χ1n) is 8.44. The van der Waals surface area contributed by atoms with Crippen molar-refractivity contribution in [2.24, 2.45) is 0 Å². The number of nitrogens with zero attached hydrogens (tertiary/aromatic N) is 2. The quantitative estimate of drug-likeness (QED) is 0.718. The predicted octanol–water partition coefficient (Wildman–Crippen LogP) is 1.26. The van der Waals surface area contributed by atoms with E-state index < -0.39 is 10.0 Å². The Morgan fingerprint density at radius 3 is 2.52 bits per heavy atom. The summed E-state index contributed by atoms with van der Waals surface area (Å²) in [7, 11) is -3.06. The van der Waals surface area contributed by atoms with E-state index in [2.05, 4.69) is 24.1 Å². The first-order chi connectivity index (χ1) is 9.99. The fraction of sp³-hybridized carbons (Fsp3) is 1.00. The Morgan fingerprint density at radius 1 is 1.14 bits per heavy atom. The number of likely N-dealkylation sites (tertiary alicyclic amines) is 1. The molecule has 2 heterocycles. The normalized spacial score (nSPS) is 25.8. The van der Waals surface area contributed by atoms with E-state index in [1.54, 1.807) is 4.31 Å². The monoisotopic (exact) mass is 317 g/mol. The largest absolute Gasteiger partial charge is 0.314 e. The molecule has 0 aromatic carbocycles. The molecular weight excluding hydrogens is 286 g/mol. The Morgan fingerprint density at radius 2 is 1.86 bits per heavy atom. The summed E-state index contributed by atoms with van der Waals surface area (Å²) in [4.78, 5) is 2.50. The van der Waals surface area contributed by atoms with Gasteiger partial charge in [-0.3, -0.25) is 4.90 Å². The summed E-state index contributed by atoms with van der Waals surface area (Å²) in [6.45, 7) is 8.66. The van der Waals surface area contributed by atoms with Gasteiger partial charge in [-0.25, -0.2) is 12.7 Å². The van der Waals surface area contributed by atoms with Crippen molar-refractivity contribution in [3.8, 4) is 0 Å². The molecule has 2 saturated heterocycles. The Balaban J connectivity index is 1.76. The number of hydrogen-bond acceptors (Lipinski definition) is 4. The lowest BCUT2D eigenvalue weighted by Crippen LogP contribution is -2.42. The Labute approximate surface area is 130 Å². The fourth-order valence-electron chi connectivity index (χ4n) is 3.32. The van der Waals surface area contributed by atoms with Gasteiger partial charge in [0, 0.05) is 25.2 Å². The van der Waals surface area contributed by atoms with Crippen molar-refractivity contribution in [2.45, 2.75) is 58.0 Å². The zero-order chi connectivity index (χ0) is 15.3. The number of piperidine rings is 1. The zero-order valence-corrected chi connectivity index (χ0v) is 14.4. The van der Waals surface area contributed by atoms with Crippen LogP contribution in [0, 0.1) is 0 Å². The lowest BCUT2D eigenvalue weighted by Gasteiger charge is -2.32. The van der Waals surface area contributed by atoms with Crippen LogP contribution in [0.5, 0.6) is 0 Å². The van der Waals surface area contributed by atoms with E-state index in [1.807, 2.05) is 0 Å². The standard InChI is InChI=1S/C15H31N3O2S/c1-14(2)16-8-6-12-21(19,20)18-11-7-15(13-18)17-9-4-3-5-10-17/h14-16H,3-13H2,1-2H3. The molecule has 0 saturated carbocycles. The minimum absolute atomic E-state index is 0.277. The van der Waals surface area contributed by atoms with E-state index in [4.69, 9.17) is 0 Å². The van der Waals surface area contributed by atoms with Crippen LogP contribution in [-0.2, 0) is 10.0 Å². The molecule has 1 N–H and O–H groups in total. The highest BCUT2D eigenvalue weighted by molar-refractivity contribution is 7.89. The summed E-state index contributed by atoms with van der Waals surface area (Å²) in [5.74, 6) is 0.277. The van der Waals surface area contributed by atoms with Gasteiger partial charge in [-0.15, -0.1) is 0 Å². The summed E-state index contributed by atoms with van der Waals surface area (Å²) in [5.41, 5.74) is 0. The summed E-state index contributed by atoms with van der Waals surface area (Å²) in [6.07, 6.45) is 5.57. The van der Waals surface area contributed by atoms with Gasteiger partial charge in [-0.05, 0) is 45.3 Å². The van der Waals surface area contributed by atoms with Crippen LogP contribution in [0.1, 0.15) is 46.0 Å². The molecule has 0 radical (unpaired) electrons. The van der Waals surface area contributed by atoms with Crippen LogP contribution in [-0.4, -0.2) is 68.2 Å². The molecule has 2 fully saturated rings. The lowest BCUT2D eigenvalue weighted by molar-refractivity contribution is 0.169. The minimum atomic E-state index is -3.06. The third-order valence-electron chi connectivity index (χ3n) is 4.56. The smallest absolute Gasteiger partial charge is 0.214 e. The predicted molar refractivity (Wildman–Crippen MR) is 86.9 cm³/mol. The molecule has 2 aliphatic rings. The van der Waals surface area contributed by atoms with Crippen molar-refractivity contribution in [1.29, 1.82) is 0 Å². The molecule has 0 bridgehead atoms. The molecule has 21 heavy (non-hydrogen) atoms. The second-order valence-corrected chi connectivity index (χ2v) is 8.76. The van der Waals surface area contributed by atoms with Gasteiger partial charge in [0.05, 0.1) is 5.75 Å². The molecule has 2 aliphatic heterocycles. The van der Waals surface area contributed by atoms with Crippen molar-refractivity contribution >= 4 is 10.0 Å². The highest BCUT2D eigenvalue weighted by Gasteiger charge is 2.34. The molecule has 5 nitrogen and oxygen atoms in total. The first kappa shape index (κ1) is 17.2. The molecule has 0 aromatic rings. The van der Waals surface area contributed by atoms with Gasteiger partial charge >= 0.3 is 0 Å². The van der Waals surface area contributed by atoms with Crippen molar-refractivity contribution in [1.82, 2.24) is 14.5 Å². The van der Waals surface area contributed by atoms with Gasteiger partial charge in [0.25, 0.3) is 0 Å². The van der Waals surface area contributed by atoms with Crippen LogP contribution in [0.15, 0.2) is 0 Å². The van der Waals surface area contributed by atoms with E-state index in [0.29, 0.717) is 31.6 Å². The van der Waals surface area contributed by atoms with E-state index in [9.17, 15) is 8.42 Å². The topological polar surface area (TPSA) is 52.7 Å². The van der Waals surface area contributed by atoms with Gasteiger partial charge in [0.2, 0.25) is 10.0 Å². The Hall–Kier alpha value is -0.170.